The minimum absolute atomic E-state index is 0.591. The second-order valence-electron chi connectivity index (χ2n) is 5.43. The van der Waals surface area contributed by atoms with Gasteiger partial charge in [0.15, 0.2) is 0 Å². The van der Waals surface area contributed by atoms with Gasteiger partial charge >= 0.3 is 5.97 Å². The first-order valence-electron chi connectivity index (χ1n) is 6.42. The number of carbonyl (C=O) groups is 1. The van der Waals surface area contributed by atoms with Crippen molar-refractivity contribution in [3.63, 3.8) is 0 Å². The highest BCUT2D eigenvalue weighted by Gasteiger charge is 2.40. The number of hydrogen-bond donors (Lipinski definition) is 1. The molecule has 1 aromatic rings. The quantitative estimate of drug-likeness (QED) is 0.875. The monoisotopic (exact) mass is 251 g/mol. The lowest BCUT2D eigenvalue weighted by Gasteiger charge is -2.19. The van der Waals surface area contributed by atoms with Gasteiger partial charge in [0, 0.05) is 20.1 Å². The molecule has 1 saturated heterocycles. The van der Waals surface area contributed by atoms with Crippen molar-refractivity contribution >= 4 is 5.97 Å². The molecule has 1 N–H and O–H groups in total. The highest BCUT2D eigenvalue weighted by Crippen LogP contribution is 2.30. The van der Waals surface area contributed by atoms with Crippen LogP contribution in [0.5, 0.6) is 0 Å². The molecular formula is C13H21N3O2. The summed E-state index contributed by atoms with van der Waals surface area (Å²) in [5.74, 6) is -0.691. The molecule has 0 radical (unpaired) electrons. The fourth-order valence-corrected chi connectivity index (χ4v) is 2.49. The van der Waals surface area contributed by atoms with Gasteiger partial charge in [-0.3, -0.25) is 14.4 Å². The first kappa shape index (κ1) is 13.1. The molecule has 5 nitrogen and oxygen atoms in total. The summed E-state index contributed by atoms with van der Waals surface area (Å²) in [6.45, 7) is 6.16. The highest BCUT2D eigenvalue weighted by atomic mass is 16.4. The predicted octanol–water partition coefficient (Wildman–Crippen LogP) is 1.28. The minimum Gasteiger partial charge on any atom is -0.481 e. The summed E-state index contributed by atoms with van der Waals surface area (Å²) in [5, 5.41) is 13.6. The number of aliphatic carboxylic acids is 1. The Morgan fingerprint density at radius 1 is 1.61 bits per heavy atom. The maximum atomic E-state index is 11.2. The zero-order valence-electron chi connectivity index (χ0n) is 11.3. The SMILES string of the molecule is CCc1cc(CN2CCC(C)(C(=O)O)C2)n(C)n1. The Labute approximate surface area is 107 Å². The van der Waals surface area contributed by atoms with Crippen LogP contribution in [0.4, 0.5) is 0 Å². The van der Waals surface area contributed by atoms with Crippen molar-refractivity contribution in [1.29, 1.82) is 0 Å². The molecule has 100 valence electrons. The van der Waals surface area contributed by atoms with Crippen LogP contribution in [0.1, 0.15) is 31.7 Å². The molecular weight excluding hydrogens is 230 g/mol. The second-order valence-corrected chi connectivity index (χ2v) is 5.43. The van der Waals surface area contributed by atoms with Crippen molar-refractivity contribution in [2.75, 3.05) is 13.1 Å². The van der Waals surface area contributed by atoms with E-state index in [9.17, 15) is 9.90 Å². The van der Waals surface area contributed by atoms with Gasteiger partial charge in [-0.25, -0.2) is 0 Å². The summed E-state index contributed by atoms with van der Waals surface area (Å²) in [7, 11) is 1.95. The van der Waals surface area contributed by atoms with Crippen LogP contribution in [0.25, 0.3) is 0 Å². The maximum Gasteiger partial charge on any atom is 0.310 e. The van der Waals surface area contributed by atoms with Gasteiger partial charge in [-0.2, -0.15) is 5.10 Å². The third-order valence-electron chi connectivity index (χ3n) is 3.84. The Balaban J connectivity index is 2.03. The van der Waals surface area contributed by atoms with E-state index in [1.807, 2.05) is 18.7 Å². The van der Waals surface area contributed by atoms with Crippen LogP contribution in [0, 0.1) is 5.41 Å². The Bertz CT molecular complexity index is 455. The summed E-state index contributed by atoms with van der Waals surface area (Å²) in [6.07, 6.45) is 1.65. The normalized spacial score (nSPS) is 24.6. The molecule has 18 heavy (non-hydrogen) atoms. The molecule has 2 rings (SSSR count). The molecule has 2 heterocycles. The molecule has 1 unspecified atom stereocenters. The van der Waals surface area contributed by atoms with Crippen LogP contribution in [0.15, 0.2) is 6.07 Å². The van der Waals surface area contributed by atoms with Crippen LogP contribution in [-0.2, 0) is 24.8 Å². The Kier molecular flexibility index (Phi) is 3.43. The van der Waals surface area contributed by atoms with Gasteiger partial charge in [-0.05, 0) is 32.4 Å². The number of likely N-dealkylation sites (tertiary alicyclic amines) is 1. The first-order chi connectivity index (χ1) is 8.44. The molecule has 0 amide bonds. The van der Waals surface area contributed by atoms with Crippen molar-refractivity contribution in [2.24, 2.45) is 12.5 Å². The predicted molar refractivity (Wildman–Crippen MR) is 68.2 cm³/mol. The Hall–Kier alpha value is -1.36. The van der Waals surface area contributed by atoms with Gasteiger partial charge in [-0.1, -0.05) is 6.92 Å². The molecule has 1 aromatic heterocycles. The summed E-state index contributed by atoms with van der Waals surface area (Å²) in [6, 6.07) is 2.11. The number of hydrogen-bond acceptors (Lipinski definition) is 3. The number of nitrogens with zero attached hydrogens (tertiary/aromatic N) is 3. The van der Waals surface area contributed by atoms with Crippen molar-refractivity contribution in [2.45, 2.75) is 33.2 Å². The van der Waals surface area contributed by atoms with E-state index in [0.29, 0.717) is 6.54 Å². The fraction of sp³-hybridized carbons (Fsp3) is 0.692. The summed E-state index contributed by atoms with van der Waals surface area (Å²) in [5.41, 5.74) is 1.65. The van der Waals surface area contributed by atoms with E-state index in [2.05, 4.69) is 23.0 Å². The van der Waals surface area contributed by atoms with Gasteiger partial charge in [0.05, 0.1) is 16.8 Å². The van der Waals surface area contributed by atoms with Crippen LogP contribution < -0.4 is 0 Å². The van der Waals surface area contributed by atoms with Crippen molar-refractivity contribution in [3.8, 4) is 0 Å². The summed E-state index contributed by atoms with van der Waals surface area (Å²) in [4.78, 5) is 13.4. The van der Waals surface area contributed by atoms with Crippen molar-refractivity contribution in [1.82, 2.24) is 14.7 Å². The average molecular weight is 251 g/mol. The van der Waals surface area contributed by atoms with E-state index in [0.717, 1.165) is 37.3 Å². The Morgan fingerprint density at radius 2 is 2.33 bits per heavy atom. The topological polar surface area (TPSA) is 58.4 Å². The number of aromatic nitrogens is 2. The molecule has 0 bridgehead atoms. The molecule has 1 aliphatic heterocycles. The van der Waals surface area contributed by atoms with Gasteiger partial charge in [0.25, 0.3) is 0 Å². The molecule has 1 atom stereocenters. The maximum absolute atomic E-state index is 11.2. The number of carboxylic acid groups (broad SMARTS) is 1. The standard InChI is InChI=1S/C13H21N3O2/c1-4-10-7-11(15(3)14-10)8-16-6-5-13(2,9-16)12(17)18/h7H,4-6,8-9H2,1-3H3,(H,17,18). The summed E-state index contributed by atoms with van der Waals surface area (Å²) < 4.78 is 1.90. The molecule has 0 aliphatic carbocycles. The van der Waals surface area contributed by atoms with E-state index in [-0.39, 0.29) is 0 Å². The van der Waals surface area contributed by atoms with E-state index in [1.165, 1.54) is 0 Å². The number of carboxylic acids is 1. The van der Waals surface area contributed by atoms with Crippen molar-refractivity contribution in [3.05, 3.63) is 17.5 Å². The van der Waals surface area contributed by atoms with E-state index >= 15 is 0 Å². The average Bonchev–Trinajstić information content (AvgIpc) is 2.85. The van der Waals surface area contributed by atoms with Gasteiger partial charge in [0.1, 0.15) is 0 Å². The lowest BCUT2D eigenvalue weighted by molar-refractivity contribution is -0.147. The molecule has 0 aromatic carbocycles. The lowest BCUT2D eigenvalue weighted by Crippen LogP contribution is -2.31. The van der Waals surface area contributed by atoms with E-state index < -0.39 is 11.4 Å². The highest BCUT2D eigenvalue weighted by molar-refractivity contribution is 5.74. The molecule has 5 heteroatoms. The smallest absolute Gasteiger partial charge is 0.310 e. The molecule has 0 spiro atoms. The first-order valence-corrected chi connectivity index (χ1v) is 6.42. The number of rotatable bonds is 4. The van der Waals surface area contributed by atoms with Crippen LogP contribution in [0.2, 0.25) is 0 Å². The second kappa shape index (κ2) is 4.72. The minimum atomic E-state index is -0.691. The van der Waals surface area contributed by atoms with Gasteiger partial charge < -0.3 is 5.11 Å². The van der Waals surface area contributed by atoms with Crippen LogP contribution in [0.3, 0.4) is 0 Å². The molecule has 0 saturated carbocycles. The van der Waals surface area contributed by atoms with Crippen LogP contribution >= 0.6 is 0 Å². The Morgan fingerprint density at radius 3 is 2.83 bits per heavy atom. The third-order valence-corrected chi connectivity index (χ3v) is 3.84. The summed E-state index contributed by atoms with van der Waals surface area (Å²) >= 11 is 0. The van der Waals surface area contributed by atoms with E-state index in [1.54, 1.807) is 0 Å². The van der Waals surface area contributed by atoms with Crippen LogP contribution in [-0.4, -0.2) is 38.8 Å². The zero-order valence-corrected chi connectivity index (χ0v) is 11.3. The number of aryl methyl sites for hydroxylation is 2. The van der Waals surface area contributed by atoms with Gasteiger partial charge in [-0.15, -0.1) is 0 Å². The fourth-order valence-electron chi connectivity index (χ4n) is 2.49. The molecule has 1 aliphatic rings. The lowest BCUT2D eigenvalue weighted by atomic mass is 9.90. The zero-order chi connectivity index (χ0) is 13.3. The van der Waals surface area contributed by atoms with Crippen molar-refractivity contribution < 1.29 is 9.90 Å². The largest absolute Gasteiger partial charge is 0.481 e. The third kappa shape index (κ3) is 2.41. The van der Waals surface area contributed by atoms with Gasteiger partial charge in [0.2, 0.25) is 0 Å². The van der Waals surface area contributed by atoms with E-state index in [4.69, 9.17) is 0 Å². The molecule has 1 fully saturated rings.